The molecule has 0 spiro atoms. The van der Waals surface area contributed by atoms with Crippen molar-refractivity contribution in [1.29, 1.82) is 0 Å². The van der Waals surface area contributed by atoms with Crippen LogP contribution in [0, 0.1) is 6.92 Å². The van der Waals surface area contributed by atoms with Gasteiger partial charge in [0.15, 0.2) is 0 Å². The fourth-order valence-electron chi connectivity index (χ4n) is 2.10. The second kappa shape index (κ2) is 7.03. The molecule has 4 heteroatoms. The summed E-state index contributed by atoms with van der Waals surface area (Å²) in [7, 11) is 1.65. The highest BCUT2D eigenvalue weighted by molar-refractivity contribution is 5.42. The molecule has 0 amide bonds. The van der Waals surface area contributed by atoms with Crippen LogP contribution < -0.4 is 10.5 Å². The van der Waals surface area contributed by atoms with Gasteiger partial charge in [-0.2, -0.15) is 0 Å². The summed E-state index contributed by atoms with van der Waals surface area (Å²) in [6, 6.07) is 9.56. The molecule has 1 aromatic carbocycles. The minimum absolute atomic E-state index is 0.225. The van der Waals surface area contributed by atoms with Crippen molar-refractivity contribution in [3.63, 3.8) is 0 Å². The molecule has 0 saturated heterocycles. The van der Waals surface area contributed by atoms with E-state index in [0.717, 1.165) is 22.4 Å². The van der Waals surface area contributed by atoms with Gasteiger partial charge in [0.25, 0.3) is 0 Å². The molecule has 4 nitrogen and oxygen atoms in total. The van der Waals surface area contributed by atoms with Crippen LogP contribution >= 0.6 is 0 Å². The van der Waals surface area contributed by atoms with Gasteiger partial charge in [-0.25, -0.2) is 0 Å². The van der Waals surface area contributed by atoms with Crippen molar-refractivity contribution in [2.24, 2.45) is 5.73 Å². The van der Waals surface area contributed by atoms with Gasteiger partial charge in [0.2, 0.25) is 0 Å². The highest BCUT2D eigenvalue weighted by Gasteiger charge is 2.15. The Bertz CT molecular complexity index is 558. The first-order valence-electron chi connectivity index (χ1n) is 6.60. The Morgan fingerprint density at radius 1 is 1.15 bits per heavy atom. The maximum Gasteiger partial charge on any atom is 0.124 e. The summed E-state index contributed by atoms with van der Waals surface area (Å²) >= 11 is 0. The van der Waals surface area contributed by atoms with E-state index in [9.17, 15) is 0 Å². The van der Waals surface area contributed by atoms with Crippen LogP contribution in [0.4, 0.5) is 0 Å². The average molecular weight is 272 g/mol. The van der Waals surface area contributed by atoms with E-state index in [0.29, 0.717) is 13.2 Å². The van der Waals surface area contributed by atoms with E-state index < -0.39 is 0 Å². The number of nitrogens with zero attached hydrogens (tertiary/aromatic N) is 1. The molecule has 0 aliphatic carbocycles. The van der Waals surface area contributed by atoms with Gasteiger partial charge in [-0.1, -0.05) is 18.2 Å². The predicted octanol–water partition coefficient (Wildman–Crippen LogP) is 2.46. The molecule has 0 fully saturated rings. The number of benzene rings is 1. The van der Waals surface area contributed by atoms with Crippen LogP contribution in [0.15, 0.2) is 42.7 Å². The lowest BCUT2D eigenvalue weighted by atomic mass is 9.96. The van der Waals surface area contributed by atoms with Crippen LogP contribution in [0.5, 0.6) is 5.75 Å². The molecule has 0 aliphatic heterocycles. The summed E-state index contributed by atoms with van der Waals surface area (Å²) in [5, 5.41) is 0. The Morgan fingerprint density at radius 2 is 1.95 bits per heavy atom. The quantitative estimate of drug-likeness (QED) is 0.821. The molecule has 1 unspecified atom stereocenters. The molecule has 20 heavy (non-hydrogen) atoms. The first-order valence-corrected chi connectivity index (χ1v) is 6.60. The molecule has 2 N–H and O–H groups in total. The molecule has 2 aromatic rings. The molecule has 2 rings (SSSR count). The second-order valence-electron chi connectivity index (χ2n) is 4.59. The molecule has 0 bridgehead atoms. The standard InChI is InChI=1S/C16H20N2O2/c1-12-11-18-8-7-13(12)16(17)14-5-3-4-6-15(14)20-10-9-19-2/h3-8,11,16H,9-10,17H2,1-2H3. The average Bonchev–Trinajstić information content (AvgIpc) is 2.48. The lowest BCUT2D eigenvalue weighted by Crippen LogP contribution is -2.15. The third-order valence-electron chi connectivity index (χ3n) is 3.20. The normalized spacial score (nSPS) is 12.2. The molecule has 1 heterocycles. The molecular formula is C16H20N2O2. The van der Waals surface area contributed by atoms with Crippen molar-refractivity contribution in [3.05, 3.63) is 59.4 Å². The Balaban J connectivity index is 2.25. The number of aryl methyl sites for hydroxylation is 1. The van der Waals surface area contributed by atoms with E-state index >= 15 is 0 Å². The number of ether oxygens (including phenoxy) is 2. The zero-order chi connectivity index (χ0) is 14.4. The smallest absolute Gasteiger partial charge is 0.124 e. The highest BCUT2D eigenvalue weighted by atomic mass is 16.5. The summed E-state index contributed by atoms with van der Waals surface area (Å²) < 4.78 is 10.7. The molecule has 1 atom stereocenters. The molecular weight excluding hydrogens is 252 g/mol. The van der Waals surface area contributed by atoms with Gasteiger partial charge < -0.3 is 15.2 Å². The maximum atomic E-state index is 6.38. The molecule has 0 aliphatic rings. The summed E-state index contributed by atoms with van der Waals surface area (Å²) in [6.07, 6.45) is 3.58. The third kappa shape index (κ3) is 3.35. The van der Waals surface area contributed by atoms with Crippen molar-refractivity contribution in [3.8, 4) is 5.75 Å². The molecule has 0 radical (unpaired) electrons. The Labute approximate surface area is 119 Å². The van der Waals surface area contributed by atoms with E-state index in [4.69, 9.17) is 15.2 Å². The first-order chi connectivity index (χ1) is 9.74. The summed E-state index contributed by atoms with van der Waals surface area (Å²) in [5.74, 6) is 0.799. The largest absolute Gasteiger partial charge is 0.491 e. The van der Waals surface area contributed by atoms with E-state index in [2.05, 4.69) is 4.98 Å². The second-order valence-corrected chi connectivity index (χ2v) is 4.59. The van der Waals surface area contributed by atoms with Gasteiger partial charge in [-0.3, -0.25) is 4.98 Å². The van der Waals surface area contributed by atoms with Crippen LogP contribution in [0.3, 0.4) is 0 Å². The highest BCUT2D eigenvalue weighted by Crippen LogP contribution is 2.29. The van der Waals surface area contributed by atoms with Gasteiger partial charge in [-0.05, 0) is 30.2 Å². The number of hydrogen-bond donors (Lipinski definition) is 1. The van der Waals surface area contributed by atoms with E-state index in [1.807, 2.05) is 43.5 Å². The van der Waals surface area contributed by atoms with E-state index in [1.54, 1.807) is 13.3 Å². The number of para-hydroxylation sites is 1. The number of methoxy groups -OCH3 is 1. The minimum Gasteiger partial charge on any atom is -0.491 e. The maximum absolute atomic E-state index is 6.38. The van der Waals surface area contributed by atoms with Crippen LogP contribution in [0.2, 0.25) is 0 Å². The zero-order valence-electron chi connectivity index (χ0n) is 11.9. The van der Waals surface area contributed by atoms with Crippen molar-refractivity contribution in [2.45, 2.75) is 13.0 Å². The monoisotopic (exact) mass is 272 g/mol. The number of aromatic nitrogens is 1. The molecule has 106 valence electrons. The van der Waals surface area contributed by atoms with Crippen molar-refractivity contribution in [1.82, 2.24) is 4.98 Å². The van der Waals surface area contributed by atoms with E-state index in [1.165, 1.54) is 0 Å². The number of hydrogen-bond acceptors (Lipinski definition) is 4. The Hall–Kier alpha value is -1.91. The first kappa shape index (κ1) is 14.5. The fraction of sp³-hybridized carbons (Fsp3) is 0.312. The van der Waals surface area contributed by atoms with Crippen molar-refractivity contribution in [2.75, 3.05) is 20.3 Å². The van der Waals surface area contributed by atoms with Gasteiger partial charge in [-0.15, -0.1) is 0 Å². The minimum atomic E-state index is -0.225. The lowest BCUT2D eigenvalue weighted by Gasteiger charge is -2.18. The summed E-state index contributed by atoms with van der Waals surface area (Å²) in [4.78, 5) is 4.10. The Morgan fingerprint density at radius 3 is 2.70 bits per heavy atom. The zero-order valence-corrected chi connectivity index (χ0v) is 11.9. The third-order valence-corrected chi connectivity index (χ3v) is 3.20. The van der Waals surface area contributed by atoms with Gasteiger partial charge >= 0.3 is 0 Å². The van der Waals surface area contributed by atoms with Gasteiger partial charge in [0.05, 0.1) is 12.6 Å². The van der Waals surface area contributed by atoms with Crippen LogP contribution in [0.1, 0.15) is 22.7 Å². The van der Waals surface area contributed by atoms with Crippen LogP contribution in [0.25, 0.3) is 0 Å². The lowest BCUT2D eigenvalue weighted by molar-refractivity contribution is 0.145. The summed E-state index contributed by atoms with van der Waals surface area (Å²) in [6.45, 7) is 3.07. The predicted molar refractivity (Wildman–Crippen MR) is 78.8 cm³/mol. The van der Waals surface area contributed by atoms with Crippen molar-refractivity contribution < 1.29 is 9.47 Å². The van der Waals surface area contributed by atoms with Crippen molar-refractivity contribution >= 4 is 0 Å². The number of rotatable bonds is 6. The van der Waals surface area contributed by atoms with E-state index in [-0.39, 0.29) is 6.04 Å². The fourth-order valence-corrected chi connectivity index (χ4v) is 2.10. The Kier molecular flexibility index (Phi) is 5.09. The topological polar surface area (TPSA) is 57.4 Å². The number of pyridine rings is 1. The van der Waals surface area contributed by atoms with Crippen LogP contribution in [-0.4, -0.2) is 25.3 Å². The van der Waals surface area contributed by atoms with Gasteiger partial charge in [0.1, 0.15) is 12.4 Å². The SMILES string of the molecule is COCCOc1ccccc1C(N)c1ccncc1C. The van der Waals surface area contributed by atoms with Crippen LogP contribution in [-0.2, 0) is 4.74 Å². The number of nitrogens with two attached hydrogens (primary N) is 1. The molecule has 1 aromatic heterocycles. The summed E-state index contributed by atoms with van der Waals surface area (Å²) in [5.41, 5.74) is 9.49. The molecule has 0 saturated carbocycles. The van der Waals surface area contributed by atoms with Gasteiger partial charge in [0, 0.05) is 25.1 Å².